The molecule has 0 saturated heterocycles. The molecule has 2 aromatic rings. The average Bonchev–Trinajstić information content (AvgIpc) is 3.16. The van der Waals surface area contributed by atoms with Gasteiger partial charge in [-0.15, -0.1) is 11.3 Å². The number of hydrazone groups is 1. The molecule has 1 atom stereocenters. The Morgan fingerprint density at radius 1 is 1.29 bits per heavy atom. The van der Waals surface area contributed by atoms with E-state index in [4.69, 9.17) is 0 Å². The average molecular weight is 364 g/mol. The number of amides is 1. The largest absolute Gasteiger partial charge is 0.299 e. The summed E-state index contributed by atoms with van der Waals surface area (Å²) >= 11 is 4.69. The lowest BCUT2D eigenvalue weighted by Crippen LogP contribution is -2.44. The van der Waals surface area contributed by atoms with Gasteiger partial charge in [0.15, 0.2) is 12.5 Å². The molecule has 1 aliphatic heterocycles. The fraction of sp³-hybridized carbons (Fsp3) is 0.0714. The van der Waals surface area contributed by atoms with Gasteiger partial charge in [0.05, 0.1) is 10.6 Å². The quantitative estimate of drug-likeness (QED) is 0.787. The lowest BCUT2D eigenvalue weighted by molar-refractivity contribution is -0.110. The molecule has 5 nitrogen and oxygen atoms in total. The number of rotatable bonds is 3. The Hall–Kier alpha value is -1.99. The van der Waals surface area contributed by atoms with Crippen molar-refractivity contribution >= 4 is 51.5 Å². The zero-order chi connectivity index (χ0) is 14.8. The third-order valence-corrected chi connectivity index (χ3v) is 4.40. The summed E-state index contributed by atoms with van der Waals surface area (Å²) in [5, 5.41) is 7.51. The number of carbonyl (C=O) groups excluding carboxylic acids is 2. The summed E-state index contributed by atoms with van der Waals surface area (Å²) in [6, 6.07) is 10.9. The molecule has 1 amide bonds. The molecule has 0 spiro atoms. The van der Waals surface area contributed by atoms with E-state index < -0.39 is 6.17 Å². The van der Waals surface area contributed by atoms with Crippen molar-refractivity contribution in [2.24, 2.45) is 5.10 Å². The minimum absolute atomic E-state index is 0.231. The molecular weight excluding hydrogens is 354 g/mol. The van der Waals surface area contributed by atoms with E-state index in [2.05, 4.69) is 21.0 Å². The van der Waals surface area contributed by atoms with Gasteiger partial charge in [-0.2, -0.15) is 5.10 Å². The molecule has 0 saturated carbocycles. The van der Waals surface area contributed by atoms with Gasteiger partial charge < -0.3 is 0 Å². The van der Waals surface area contributed by atoms with Gasteiger partial charge in [0.1, 0.15) is 6.34 Å². The lowest BCUT2D eigenvalue weighted by Gasteiger charge is -2.24. The van der Waals surface area contributed by atoms with Crippen LogP contribution in [-0.4, -0.2) is 29.6 Å². The summed E-state index contributed by atoms with van der Waals surface area (Å²) < 4.78 is 0.934. The molecule has 106 valence electrons. The topological polar surface area (TPSA) is 53.0 Å². The van der Waals surface area contributed by atoms with E-state index in [1.54, 1.807) is 12.1 Å². The number of benzene rings is 1. The molecule has 3 rings (SSSR count). The van der Waals surface area contributed by atoms with Crippen LogP contribution < -0.4 is 5.01 Å². The SMILES string of the molecule is O=CC1N(C(=O)c2cccs2)C=NN1c1ccc(Br)cc1. The second-order valence-electron chi connectivity index (χ2n) is 4.29. The van der Waals surface area contributed by atoms with Crippen molar-refractivity contribution in [2.45, 2.75) is 6.17 Å². The van der Waals surface area contributed by atoms with Crippen LogP contribution in [0.15, 0.2) is 51.4 Å². The predicted octanol–water partition coefficient (Wildman–Crippen LogP) is 2.94. The van der Waals surface area contributed by atoms with Gasteiger partial charge in [0, 0.05) is 4.47 Å². The number of thiophene rings is 1. The van der Waals surface area contributed by atoms with Gasteiger partial charge >= 0.3 is 0 Å². The molecular formula is C14H10BrN3O2S. The van der Waals surface area contributed by atoms with Crippen LogP contribution in [0.3, 0.4) is 0 Å². The molecule has 1 aromatic carbocycles. The van der Waals surface area contributed by atoms with Crippen LogP contribution in [-0.2, 0) is 4.79 Å². The van der Waals surface area contributed by atoms with E-state index in [9.17, 15) is 9.59 Å². The summed E-state index contributed by atoms with van der Waals surface area (Å²) in [6.45, 7) is 0. The van der Waals surface area contributed by atoms with Crippen LogP contribution >= 0.6 is 27.3 Å². The van der Waals surface area contributed by atoms with Gasteiger partial charge in [0.25, 0.3) is 5.91 Å². The smallest absolute Gasteiger partial charge is 0.271 e. The number of hydrogen-bond acceptors (Lipinski definition) is 5. The first-order valence-electron chi connectivity index (χ1n) is 6.11. The fourth-order valence-electron chi connectivity index (χ4n) is 2.00. The van der Waals surface area contributed by atoms with Crippen molar-refractivity contribution in [3.8, 4) is 0 Å². The molecule has 1 aliphatic rings. The van der Waals surface area contributed by atoms with E-state index in [1.165, 1.54) is 27.6 Å². The van der Waals surface area contributed by atoms with Crippen molar-refractivity contribution < 1.29 is 9.59 Å². The maximum absolute atomic E-state index is 12.4. The van der Waals surface area contributed by atoms with Gasteiger partial charge in [-0.25, -0.2) is 5.01 Å². The Morgan fingerprint density at radius 2 is 2.05 bits per heavy atom. The predicted molar refractivity (Wildman–Crippen MR) is 85.5 cm³/mol. The minimum atomic E-state index is -0.763. The number of halogens is 1. The number of nitrogens with zero attached hydrogens (tertiary/aromatic N) is 3. The van der Waals surface area contributed by atoms with Crippen LogP contribution in [0.25, 0.3) is 0 Å². The number of aldehydes is 1. The molecule has 7 heteroatoms. The molecule has 0 bridgehead atoms. The number of hydrogen-bond donors (Lipinski definition) is 0. The Labute approximate surface area is 133 Å². The van der Waals surface area contributed by atoms with E-state index >= 15 is 0 Å². The standard InChI is InChI=1S/C14H10BrN3O2S/c15-10-3-5-11(6-4-10)18-13(8-19)17(9-16-18)14(20)12-2-1-7-21-12/h1-9,13H. The van der Waals surface area contributed by atoms with Crippen LogP contribution in [0.1, 0.15) is 9.67 Å². The third kappa shape index (κ3) is 2.62. The van der Waals surface area contributed by atoms with E-state index in [0.717, 1.165) is 10.2 Å². The number of anilines is 1. The van der Waals surface area contributed by atoms with Gasteiger partial charge in [-0.1, -0.05) is 22.0 Å². The zero-order valence-corrected chi connectivity index (χ0v) is 13.1. The first-order chi connectivity index (χ1) is 10.2. The van der Waals surface area contributed by atoms with Crippen LogP contribution in [0, 0.1) is 0 Å². The van der Waals surface area contributed by atoms with E-state index in [0.29, 0.717) is 11.2 Å². The summed E-state index contributed by atoms with van der Waals surface area (Å²) in [7, 11) is 0. The highest BCUT2D eigenvalue weighted by atomic mass is 79.9. The highest BCUT2D eigenvalue weighted by molar-refractivity contribution is 9.10. The van der Waals surface area contributed by atoms with Gasteiger partial charge in [0.2, 0.25) is 0 Å². The molecule has 0 N–H and O–H groups in total. The molecule has 1 aromatic heterocycles. The van der Waals surface area contributed by atoms with E-state index in [-0.39, 0.29) is 5.91 Å². The molecule has 1 unspecified atom stereocenters. The lowest BCUT2D eigenvalue weighted by atomic mass is 10.3. The Bertz CT molecular complexity index is 685. The third-order valence-electron chi connectivity index (χ3n) is 3.02. The van der Waals surface area contributed by atoms with Crippen LogP contribution in [0.4, 0.5) is 5.69 Å². The summed E-state index contributed by atoms with van der Waals surface area (Å²) in [6.07, 6.45) is 1.34. The Balaban J connectivity index is 1.87. The van der Waals surface area contributed by atoms with Crippen LogP contribution in [0.5, 0.6) is 0 Å². The molecule has 0 fully saturated rings. The maximum atomic E-state index is 12.4. The first-order valence-corrected chi connectivity index (χ1v) is 7.78. The molecule has 21 heavy (non-hydrogen) atoms. The summed E-state index contributed by atoms with van der Waals surface area (Å²) in [5.41, 5.74) is 0.744. The van der Waals surface area contributed by atoms with Crippen molar-refractivity contribution in [1.82, 2.24) is 4.90 Å². The van der Waals surface area contributed by atoms with Crippen molar-refractivity contribution in [3.05, 3.63) is 51.1 Å². The summed E-state index contributed by atoms with van der Waals surface area (Å²) in [4.78, 5) is 25.7. The van der Waals surface area contributed by atoms with Crippen LogP contribution in [0.2, 0.25) is 0 Å². The fourth-order valence-corrected chi connectivity index (χ4v) is 2.93. The first kappa shape index (κ1) is 14.0. The Morgan fingerprint density at radius 3 is 2.67 bits per heavy atom. The monoisotopic (exact) mass is 363 g/mol. The second-order valence-corrected chi connectivity index (χ2v) is 6.15. The normalized spacial score (nSPS) is 17.3. The molecule has 0 radical (unpaired) electrons. The summed E-state index contributed by atoms with van der Waals surface area (Å²) in [5.74, 6) is -0.231. The highest BCUT2D eigenvalue weighted by Crippen LogP contribution is 2.25. The zero-order valence-electron chi connectivity index (χ0n) is 10.7. The van der Waals surface area contributed by atoms with Crippen molar-refractivity contribution in [1.29, 1.82) is 0 Å². The van der Waals surface area contributed by atoms with Gasteiger partial charge in [-0.3, -0.25) is 14.5 Å². The molecule has 2 heterocycles. The van der Waals surface area contributed by atoms with Crippen molar-refractivity contribution in [3.63, 3.8) is 0 Å². The second kappa shape index (κ2) is 5.79. The number of carbonyl (C=O) groups is 2. The van der Waals surface area contributed by atoms with Gasteiger partial charge in [-0.05, 0) is 35.7 Å². The minimum Gasteiger partial charge on any atom is -0.299 e. The molecule has 0 aliphatic carbocycles. The highest BCUT2D eigenvalue weighted by Gasteiger charge is 2.33. The van der Waals surface area contributed by atoms with E-state index in [1.807, 2.05) is 29.6 Å². The Kier molecular flexibility index (Phi) is 3.85. The maximum Gasteiger partial charge on any atom is 0.271 e. The van der Waals surface area contributed by atoms with Crippen molar-refractivity contribution in [2.75, 3.05) is 5.01 Å².